The zero-order valence-corrected chi connectivity index (χ0v) is 18.6. The second-order valence-corrected chi connectivity index (χ2v) is 9.16. The average molecular weight is 427 g/mol. The van der Waals surface area contributed by atoms with Crippen molar-refractivity contribution in [3.63, 3.8) is 0 Å². The Balaban J connectivity index is 1.59. The van der Waals surface area contributed by atoms with Crippen LogP contribution >= 0.6 is 0 Å². The van der Waals surface area contributed by atoms with Gasteiger partial charge in [0.05, 0.1) is 29.8 Å². The molecule has 0 radical (unpaired) electrons. The van der Waals surface area contributed by atoms with Crippen LogP contribution in [0.4, 0.5) is 4.39 Å². The van der Waals surface area contributed by atoms with E-state index in [9.17, 15) is 4.79 Å². The van der Waals surface area contributed by atoms with E-state index < -0.39 is 5.82 Å². The molecule has 2 heterocycles. The Labute approximate surface area is 183 Å². The molecule has 6 nitrogen and oxygen atoms in total. The van der Waals surface area contributed by atoms with E-state index in [2.05, 4.69) is 16.1 Å². The highest BCUT2D eigenvalue weighted by Crippen LogP contribution is 2.40. The molecule has 1 aliphatic heterocycles. The summed E-state index contributed by atoms with van der Waals surface area (Å²) in [6, 6.07) is 6.06. The zero-order chi connectivity index (χ0) is 22.1. The van der Waals surface area contributed by atoms with Gasteiger partial charge < -0.3 is 9.64 Å². The third-order valence-electron chi connectivity index (χ3n) is 7.14. The van der Waals surface area contributed by atoms with Crippen LogP contribution in [0.25, 0.3) is 10.9 Å². The molecule has 1 saturated heterocycles. The summed E-state index contributed by atoms with van der Waals surface area (Å²) in [4.78, 5) is 15.6. The lowest BCUT2D eigenvalue weighted by molar-refractivity contribution is -0.141. The van der Waals surface area contributed by atoms with Gasteiger partial charge in [-0.2, -0.15) is 10.4 Å². The second kappa shape index (κ2) is 8.86. The Morgan fingerprint density at radius 3 is 2.94 bits per heavy atom. The van der Waals surface area contributed by atoms with Crippen molar-refractivity contribution in [1.29, 1.82) is 5.26 Å². The van der Waals surface area contributed by atoms with Crippen molar-refractivity contribution in [2.45, 2.75) is 76.3 Å². The van der Waals surface area contributed by atoms with Gasteiger partial charge in [0.2, 0.25) is 5.91 Å². The highest BCUT2D eigenvalue weighted by molar-refractivity contribution is 5.86. The molecule has 1 aromatic carbocycles. The minimum absolute atomic E-state index is 0.0999. The molecule has 2 bridgehead atoms. The van der Waals surface area contributed by atoms with Gasteiger partial charge in [0.25, 0.3) is 0 Å². The average Bonchev–Trinajstić information content (AvgIpc) is 3.10. The number of piperidine rings is 1. The molecular weight excluding hydrogens is 395 g/mol. The molecule has 1 aliphatic carbocycles. The Morgan fingerprint density at radius 2 is 2.19 bits per heavy atom. The normalized spacial score (nSPS) is 24.1. The summed E-state index contributed by atoms with van der Waals surface area (Å²) < 4.78 is 21.9. The van der Waals surface area contributed by atoms with Crippen molar-refractivity contribution < 1.29 is 13.9 Å². The van der Waals surface area contributed by atoms with Gasteiger partial charge in [-0.15, -0.1) is 0 Å². The summed E-state index contributed by atoms with van der Waals surface area (Å²) in [6.45, 7) is 1.94. The van der Waals surface area contributed by atoms with Crippen molar-refractivity contribution in [2.24, 2.45) is 13.0 Å². The third-order valence-corrected chi connectivity index (χ3v) is 7.14. The van der Waals surface area contributed by atoms with Gasteiger partial charge in [-0.1, -0.05) is 19.8 Å². The van der Waals surface area contributed by atoms with Crippen LogP contribution in [0, 0.1) is 23.1 Å². The maximum atomic E-state index is 15.1. The molecule has 2 aliphatic rings. The summed E-state index contributed by atoms with van der Waals surface area (Å²) in [5, 5.41) is 14.1. The lowest BCUT2D eigenvalue weighted by Crippen LogP contribution is -2.53. The SMILES string of the molecule is COc1ccc2c(c(C(C)CC(=O)N3C(CCC#N)CC4CCCC3C4)nn2C)c1F. The number of halogens is 1. The van der Waals surface area contributed by atoms with Crippen LogP contribution in [0.1, 0.15) is 69.9 Å². The number of likely N-dealkylation sites (tertiary alicyclic amines) is 1. The van der Waals surface area contributed by atoms with Gasteiger partial charge in [-0.05, 0) is 43.7 Å². The fourth-order valence-corrected chi connectivity index (χ4v) is 5.71. The molecule has 0 spiro atoms. The zero-order valence-electron chi connectivity index (χ0n) is 18.6. The number of hydrogen-bond acceptors (Lipinski definition) is 4. The minimum Gasteiger partial charge on any atom is -0.494 e. The van der Waals surface area contributed by atoms with E-state index >= 15 is 4.39 Å². The Bertz CT molecular complexity index is 1010. The van der Waals surface area contributed by atoms with Crippen LogP contribution in [-0.2, 0) is 11.8 Å². The number of methoxy groups -OCH3 is 1. The molecule has 0 N–H and O–H groups in total. The maximum absolute atomic E-state index is 15.1. The number of hydrogen-bond donors (Lipinski definition) is 0. The number of benzene rings is 1. The number of rotatable bonds is 6. The number of nitrogens with zero attached hydrogens (tertiary/aromatic N) is 4. The molecule has 4 rings (SSSR count). The topological polar surface area (TPSA) is 71.2 Å². The number of carbonyl (C=O) groups excluding carboxylic acids is 1. The molecule has 31 heavy (non-hydrogen) atoms. The highest BCUT2D eigenvalue weighted by Gasteiger charge is 2.40. The summed E-state index contributed by atoms with van der Waals surface area (Å²) in [5.41, 5.74) is 1.28. The van der Waals surface area contributed by atoms with Gasteiger partial charge >= 0.3 is 0 Å². The molecule has 2 aromatic rings. The Kier molecular flexibility index (Phi) is 6.17. The largest absolute Gasteiger partial charge is 0.494 e. The van der Waals surface area contributed by atoms with E-state index in [-0.39, 0.29) is 36.1 Å². The molecule has 1 amide bonds. The minimum atomic E-state index is -0.428. The first-order valence-corrected chi connectivity index (χ1v) is 11.3. The number of carbonyl (C=O) groups is 1. The van der Waals surface area contributed by atoms with Crippen molar-refractivity contribution in [2.75, 3.05) is 7.11 Å². The second-order valence-electron chi connectivity index (χ2n) is 9.16. The lowest BCUT2D eigenvalue weighted by Gasteiger charge is -2.48. The van der Waals surface area contributed by atoms with Gasteiger partial charge in [0.1, 0.15) is 0 Å². The van der Waals surface area contributed by atoms with Gasteiger partial charge in [0, 0.05) is 37.9 Å². The van der Waals surface area contributed by atoms with Gasteiger partial charge in [-0.3, -0.25) is 9.48 Å². The number of ether oxygens (including phenoxy) is 1. The molecule has 2 fully saturated rings. The summed E-state index contributed by atoms with van der Waals surface area (Å²) >= 11 is 0. The number of aromatic nitrogens is 2. The third kappa shape index (κ3) is 4.00. The maximum Gasteiger partial charge on any atom is 0.223 e. The van der Waals surface area contributed by atoms with Crippen LogP contribution in [0.5, 0.6) is 5.75 Å². The van der Waals surface area contributed by atoms with Gasteiger partial charge in [0.15, 0.2) is 11.6 Å². The summed E-state index contributed by atoms with van der Waals surface area (Å²) in [5.74, 6) is 0.298. The first-order chi connectivity index (χ1) is 14.9. The van der Waals surface area contributed by atoms with Crippen molar-refractivity contribution >= 4 is 16.8 Å². The molecule has 1 aromatic heterocycles. The fourth-order valence-electron chi connectivity index (χ4n) is 5.71. The lowest BCUT2D eigenvalue weighted by atomic mass is 9.75. The predicted molar refractivity (Wildman–Crippen MR) is 116 cm³/mol. The van der Waals surface area contributed by atoms with Crippen LogP contribution in [0.2, 0.25) is 0 Å². The Morgan fingerprint density at radius 1 is 1.39 bits per heavy atom. The molecule has 4 atom stereocenters. The van der Waals surface area contributed by atoms with E-state index in [0.29, 0.717) is 28.9 Å². The van der Waals surface area contributed by atoms with Crippen LogP contribution in [0.15, 0.2) is 12.1 Å². The molecule has 7 heteroatoms. The van der Waals surface area contributed by atoms with Crippen LogP contribution < -0.4 is 4.74 Å². The van der Waals surface area contributed by atoms with Crippen LogP contribution in [-0.4, -0.2) is 39.8 Å². The predicted octanol–water partition coefficient (Wildman–Crippen LogP) is 4.68. The summed E-state index contributed by atoms with van der Waals surface area (Å²) in [6.07, 6.45) is 7.00. The standard InChI is InChI=1S/C24H31FN4O2/c1-15(24-22-19(28(2)27-24)9-10-20(31-3)23(22)25)12-21(30)29-17-7-4-6-16(13-17)14-18(29)8-5-11-26/h9-10,15-18H,4-8,12-14H2,1-3H3. The smallest absolute Gasteiger partial charge is 0.223 e. The number of amides is 1. The molecule has 1 saturated carbocycles. The molecular formula is C24H31FN4O2. The highest BCUT2D eigenvalue weighted by atomic mass is 19.1. The van der Waals surface area contributed by atoms with Crippen molar-refractivity contribution in [3.8, 4) is 11.8 Å². The first kappa shape index (κ1) is 21.6. The van der Waals surface area contributed by atoms with E-state index in [1.165, 1.54) is 13.5 Å². The number of nitriles is 1. The molecule has 4 unspecified atom stereocenters. The summed E-state index contributed by atoms with van der Waals surface area (Å²) in [7, 11) is 3.24. The van der Waals surface area contributed by atoms with E-state index in [0.717, 1.165) is 32.1 Å². The van der Waals surface area contributed by atoms with Crippen molar-refractivity contribution in [3.05, 3.63) is 23.6 Å². The molecule has 166 valence electrons. The quantitative estimate of drug-likeness (QED) is 0.672. The first-order valence-electron chi connectivity index (χ1n) is 11.3. The van der Waals surface area contributed by atoms with Crippen LogP contribution in [0.3, 0.4) is 0 Å². The van der Waals surface area contributed by atoms with E-state index in [1.807, 2.05) is 6.92 Å². The van der Waals surface area contributed by atoms with E-state index in [1.54, 1.807) is 23.9 Å². The Hall–Kier alpha value is -2.62. The fraction of sp³-hybridized carbons (Fsp3) is 0.625. The van der Waals surface area contributed by atoms with Gasteiger partial charge in [-0.25, -0.2) is 4.39 Å². The monoisotopic (exact) mass is 426 g/mol. The van der Waals surface area contributed by atoms with Crippen molar-refractivity contribution in [1.82, 2.24) is 14.7 Å². The number of fused-ring (bicyclic) bond motifs is 3. The van der Waals surface area contributed by atoms with E-state index in [4.69, 9.17) is 10.00 Å². The number of aryl methyl sites for hydroxylation is 1.